The number of anilines is 3. The van der Waals surface area contributed by atoms with Crippen molar-refractivity contribution >= 4 is 39.6 Å². The fourth-order valence-electron chi connectivity index (χ4n) is 4.27. The molecule has 1 unspecified atom stereocenters. The van der Waals surface area contributed by atoms with Crippen LogP contribution in [0.1, 0.15) is 48.7 Å². The Kier molecular flexibility index (Phi) is 6.11. The third-order valence-corrected chi connectivity index (χ3v) is 6.64. The number of hydrogen-bond donors (Lipinski definition) is 2. The molecule has 196 valence electrons. The fraction of sp³-hybridized carbons (Fsp3) is 0.143. The molecule has 0 bridgehead atoms. The van der Waals surface area contributed by atoms with Crippen molar-refractivity contribution in [3.05, 3.63) is 100 Å². The topological polar surface area (TPSA) is 128 Å². The number of nitriles is 2. The van der Waals surface area contributed by atoms with Crippen LogP contribution in [-0.2, 0) is 0 Å². The highest BCUT2D eigenvalue weighted by Gasteiger charge is 2.27. The summed E-state index contributed by atoms with van der Waals surface area (Å²) < 4.78 is 38.6. The number of hydrogen-bond acceptors (Lipinski definition) is 8. The molecular formula is C28H18ClF2N9. The van der Waals surface area contributed by atoms with E-state index < -0.39 is 17.8 Å². The Morgan fingerprint density at radius 3 is 2.67 bits per heavy atom. The molecule has 0 aliphatic heterocycles. The molecule has 5 aromatic rings. The summed E-state index contributed by atoms with van der Waals surface area (Å²) in [6.45, 7) is 0. The van der Waals surface area contributed by atoms with Crippen LogP contribution in [0.3, 0.4) is 0 Å². The number of aromatic nitrogens is 5. The van der Waals surface area contributed by atoms with Crippen LogP contribution in [0.2, 0.25) is 5.02 Å². The fourth-order valence-corrected chi connectivity index (χ4v) is 4.53. The largest absolute Gasteiger partial charge is 0.373 e. The first-order chi connectivity index (χ1) is 19.8. The molecule has 1 aliphatic rings. The Hall–Kier alpha value is -5.13. The van der Waals surface area contributed by atoms with Crippen molar-refractivity contribution in [3.8, 4) is 12.1 Å². The zero-order valence-corrected chi connectivity index (χ0v) is 21.3. The van der Waals surface area contributed by atoms with E-state index in [1.165, 1.54) is 6.20 Å². The number of nitrogens with one attached hydrogen (secondary N) is 2. The minimum Gasteiger partial charge on any atom is -0.373 e. The van der Waals surface area contributed by atoms with E-state index in [0.29, 0.717) is 33.4 Å². The van der Waals surface area contributed by atoms with Gasteiger partial charge in [0.15, 0.2) is 5.82 Å². The lowest BCUT2D eigenvalue weighted by Gasteiger charge is -2.20. The smallest absolute Gasteiger partial charge is 0.249 e. The summed E-state index contributed by atoms with van der Waals surface area (Å²) in [7, 11) is 0. The first-order valence-electron chi connectivity index (χ1n) is 12.6. The first-order valence-corrected chi connectivity index (χ1v) is 12.5. The van der Waals surface area contributed by atoms with Gasteiger partial charge in [0.25, 0.3) is 0 Å². The summed E-state index contributed by atoms with van der Waals surface area (Å²) in [6.07, 6.45) is 6.06. The third kappa shape index (κ3) is 4.86. The standard InChI is InChI=1S/C28H18ClF2N9/c29-22-8-18(7-21-25(17(11-33)12-34-27(21)22)37-19-9-23(30)28(31)35-13-19)36-26(16-3-1-2-15(6-16)10-32)24-14-40(39-38-24)20-4-5-20/h1-3,6-9,12-14,20,26,36H,4-5H2,(H,34,37)/i26D. The van der Waals surface area contributed by atoms with E-state index in [0.717, 1.165) is 25.1 Å². The van der Waals surface area contributed by atoms with Gasteiger partial charge in [-0.15, -0.1) is 5.10 Å². The molecule has 40 heavy (non-hydrogen) atoms. The Bertz CT molecular complexity index is 1910. The molecule has 1 aliphatic carbocycles. The van der Waals surface area contributed by atoms with Crippen LogP contribution in [-0.4, -0.2) is 25.0 Å². The molecule has 0 spiro atoms. The SMILES string of the molecule is [2H]C(Nc1cc(Cl)c2ncc(C#N)c(Nc3cnc(F)c(F)c3)c2c1)(c1cccc(C#N)c1)c1cn(C2CC2)nn1. The van der Waals surface area contributed by atoms with Crippen molar-refractivity contribution in [2.24, 2.45) is 0 Å². The van der Waals surface area contributed by atoms with Crippen molar-refractivity contribution in [2.75, 3.05) is 10.6 Å². The van der Waals surface area contributed by atoms with Gasteiger partial charge in [0.2, 0.25) is 5.95 Å². The predicted molar refractivity (Wildman–Crippen MR) is 144 cm³/mol. The minimum atomic E-state index is -1.70. The van der Waals surface area contributed by atoms with Crippen LogP contribution in [0.5, 0.6) is 0 Å². The highest BCUT2D eigenvalue weighted by molar-refractivity contribution is 6.36. The van der Waals surface area contributed by atoms with Crippen LogP contribution >= 0.6 is 11.6 Å². The second kappa shape index (κ2) is 10.2. The number of pyridine rings is 2. The summed E-state index contributed by atoms with van der Waals surface area (Å²) in [4.78, 5) is 7.70. The average molecular weight is 555 g/mol. The second-order valence-corrected chi connectivity index (χ2v) is 9.55. The van der Waals surface area contributed by atoms with Crippen molar-refractivity contribution < 1.29 is 10.2 Å². The molecule has 12 heteroatoms. The van der Waals surface area contributed by atoms with Crippen LogP contribution in [0.4, 0.5) is 25.8 Å². The van der Waals surface area contributed by atoms with Gasteiger partial charge in [-0.2, -0.15) is 14.9 Å². The van der Waals surface area contributed by atoms with Crippen LogP contribution in [0.15, 0.2) is 61.1 Å². The number of halogens is 3. The Morgan fingerprint density at radius 2 is 1.93 bits per heavy atom. The van der Waals surface area contributed by atoms with E-state index in [1.807, 2.05) is 6.07 Å². The quantitative estimate of drug-likeness (QED) is 0.228. The lowest BCUT2D eigenvalue weighted by Crippen LogP contribution is -2.13. The zero-order chi connectivity index (χ0) is 28.7. The van der Waals surface area contributed by atoms with Crippen molar-refractivity contribution in [3.63, 3.8) is 0 Å². The molecule has 3 aromatic heterocycles. The molecule has 2 aromatic carbocycles. The number of rotatable bonds is 7. The highest BCUT2D eigenvalue weighted by Crippen LogP contribution is 2.38. The molecule has 1 fully saturated rings. The molecule has 3 heterocycles. The molecule has 0 radical (unpaired) electrons. The molecule has 9 nitrogen and oxygen atoms in total. The van der Waals surface area contributed by atoms with Crippen LogP contribution in [0.25, 0.3) is 10.9 Å². The molecular weight excluding hydrogens is 536 g/mol. The monoisotopic (exact) mass is 554 g/mol. The third-order valence-electron chi connectivity index (χ3n) is 6.35. The molecule has 6 rings (SSSR count). The molecule has 0 saturated heterocycles. The van der Waals surface area contributed by atoms with Crippen LogP contribution < -0.4 is 10.6 Å². The summed E-state index contributed by atoms with van der Waals surface area (Å²) in [5.74, 6) is -2.42. The summed E-state index contributed by atoms with van der Waals surface area (Å²) >= 11 is 6.63. The van der Waals surface area contributed by atoms with Crippen molar-refractivity contribution in [1.29, 1.82) is 10.5 Å². The maximum absolute atomic E-state index is 13.9. The lowest BCUT2D eigenvalue weighted by molar-refractivity contribution is 0.480. The van der Waals surface area contributed by atoms with Gasteiger partial charge in [-0.3, -0.25) is 4.98 Å². The summed E-state index contributed by atoms with van der Waals surface area (Å²) in [6, 6.07) is 13.4. The highest BCUT2D eigenvalue weighted by atomic mass is 35.5. The molecule has 1 atom stereocenters. The number of fused-ring (bicyclic) bond motifs is 1. The zero-order valence-electron chi connectivity index (χ0n) is 21.5. The van der Waals surface area contributed by atoms with Gasteiger partial charge in [0.1, 0.15) is 11.8 Å². The summed E-state index contributed by atoms with van der Waals surface area (Å²) in [5.41, 5.74) is 2.24. The molecule has 0 amide bonds. The van der Waals surface area contributed by atoms with Gasteiger partial charge < -0.3 is 10.6 Å². The Balaban J connectivity index is 1.49. The number of benzene rings is 2. The Labute approximate surface area is 233 Å². The maximum atomic E-state index is 13.9. The first kappa shape index (κ1) is 23.9. The minimum absolute atomic E-state index is 0.0993. The summed E-state index contributed by atoms with van der Waals surface area (Å²) in [5, 5.41) is 34.5. The Morgan fingerprint density at radius 1 is 1.07 bits per heavy atom. The van der Waals surface area contributed by atoms with E-state index in [1.54, 1.807) is 47.3 Å². The van der Waals surface area contributed by atoms with E-state index in [-0.39, 0.29) is 28.0 Å². The average Bonchev–Trinajstić information content (AvgIpc) is 3.70. The lowest BCUT2D eigenvalue weighted by atomic mass is 10.0. The van der Waals surface area contributed by atoms with E-state index in [4.69, 9.17) is 11.6 Å². The normalized spacial score (nSPS) is 14.6. The number of nitrogens with zero attached hydrogens (tertiary/aromatic N) is 7. The van der Waals surface area contributed by atoms with E-state index in [2.05, 4.69) is 37.0 Å². The molecule has 2 N–H and O–H groups in total. The van der Waals surface area contributed by atoms with Gasteiger partial charge in [-0.1, -0.05) is 28.9 Å². The van der Waals surface area contributed by atoms with Gasteiger partial charge >= 0.3 is 0 Å². The predicted octanol–water partition coefficient (Wildman–Crippen LogP) is 6.18. The van der Waals surface area contributed by atoms with E-state index in [9.17, 15) is 20.7 Å². The van der Waals surface area contributed by atoms with Crippen molar-refractivity contribution in [2.45, 2.75) is 24.9 Å². The maximum Gasteiger partial charge on any atom is 0.249 e. The van der Waals surface area contributed by atoms with Gasteiger partial charge in [0, 0.05) is 23.3 Å². The van der Waals surface area contributed by atoms with Gasteiger partial charge in [0.05, 0.1) is 64.9 Å². The van der Waals surface area contributed by atoms with Crippen molar-refractivity contribution in [1.82, 2.24) is 25.0 Å². The van der Waals surface area contributed by atoms with Gasteiger partial charge in [-0.05, 0) is 42.7 Å². The second-order valence-electron chi connectivity index (χ2n) is 9.14. The van der Waals surface area contributed by atoms with E-state index >= 15 is 0 Å². The van der Waals surface area contributed by atoms with Crippen LogP contribution in [0, 0.1) is 34.4 Å². The van der Waals surface area contributed by atoms with Gasteiger partial charge in [-0.25, -0.2) is 14.1 Å². The molecule has 1 saturated carbocycles.